The molecule has 0 spiro atoms. The smallest absolute Gasteiger partial charge is 0.246 e. The summed E-state index contributed by atoms with van der Waals surface area (Å²) in [7, 11) is -3.25. The maximum atomic E-state index is 12.2. The number of nitrogens with zero attached hydrogens (tertiary/aromatic N) is 3. The third kappa shape index (κ3) is 3.88. The average Bonchev–Trinajstić information content (AvgIpc) is 2.60. The number of benzene rings is 1. The minimum atomic E-state index is -3.25. The molecule has 6 nitrogen and oxygen atoms in total. The molecule has 0 saturated carbocycles. The second-order valence-corrected chi connectivity index (χ2v) is 8.38. The van der Waals surface area contributed by atoms with Gasteiger partial charge >= 0.3 is 0 Å². The molecule has 0 aliphatic carbocycles. The van der Waals surface area contributed by atoms with Crippen molar-refractivity contribution in [3.8, 4) is 11.4 Å². The molecular weight excluding hydrogens is 362 g/mol. The molecule has 1 aliphatic rings. The van der Waals surface area contributed by atoms with E-state index in [9.17, 15) is 13.2 Å². The molecule has 25 heavy (non-hydrogen) atoms. The number of halogens is 1. The lowest BCUT2D eigenvalue weighted by molar-refractivity contribution is -0.127. The topological polar surface area (TPSA) is 80.2 Å². The summed E-state index contributed by atoms with van der Waals surface area (Å²) in [5.74, 6) is -0.0377. The molecular formula is C17H16ClN3O3S. The summed E-state index contributed by atoms with van der Waals surface area (Å²) in [5.41, 5.74) is 1.30. The molecule has 2 aromatic rings. The van der Waals surface area contributed by atoms with Crippen molar-refractivity contribution in [2.24, 2.45) is 0 Å². The quantitative estimate of drug-likeness (QED) is 0.766. The molecule has 0 bridgehead atoms. The van der Waals surface area contributed by atoms with Gasteiger partial charge < -0.3 is 4.90 Å². The number of carbonyl (C=O) groups is 1. The van der Waals surface area contributed by atoms with Gasteiger partial charge in [-0.2, -0.15) is 0 Å². The van der Waals surface area contributed by atoms with Crippen LogP contribution in [0.5, 0.6) is 0 Å². The van der Waals surface area contributed by atoms with Crippen LogP contribution in [0.1, 0.15) is 11.6 Å². The van der Waals surface area contributed by atoms with Gasteiger partial charge in [0.15, 0.2) is 15.7 Å². The first-order valence-corrected chi connectivity index (χ1v) is 9.81. The van der Waals surface area contributed by atoms with E-state index in [0.29, 0.717) is 22.0 Å². The molecule has 1 aromatic carbocycles. The van der Waals surface area contributed by atoms with Crippen LogP contribution in [0.3, 0.4) is 0 Å². The van der Waals surface area contributed by atoms with Gasteiger partial charge in [-0.15, -0.1) is 0 Å². The Hall–Kier alpha value is -2.25. The van der Waals surface area contributed by atoms with E-state index in [2.05, 4.69) is 16.5 Å². The molecule has 1 fully saturated rings. The Morgan fingerprint density at radius 2 is 2.00 bits per heavy atom. The number of hydrogen-bond donors (Lipinski definition) is 0. The highest BCUT2D eigenvalue weighted by Crippen LogP contribution is 2.32. The number of carbonyl (C=O) groups excluding carboxylic acids is 1. The van der Waals surface area contributed by atoms with E-state index in [1.54, 1.807) is 36.7 Å². The van der Waals surface area contributed by atoms with Crippen LogP contribution >= 0.6 is 11.6 Å². The van der Waals surface area contributed by atoms with Crippen molar-refractivity contribution in [2.45, 2.75) is 6.04 Å². The second-order valence-electron chi connectivity index (χ2n) is 5.71. The Balaban J connectivity index is 2.07. The van der Waals surface area contributed by atoms with E-state index >= 15 is 0 Å². The van der Waals surface area contributed by atoms with Crippen LogP contribution in [0.4, 0.5) is 0 Å². The second kappa shape index (κ2) is 6.93. The van der Waals surface area contributed by atoms with Crippen LogP contribution in [0.25, 0.3) is 11.4 Å². The summed E-state index contributed by atoms with van der Waals surface area (Å²) >= 11 is 6.22. The largest absolute Gasteiger partial charge is 0.330 e. The summed E-state index contributed by atoms with van der Waals surface area (Å²) < 4.78 is 24.2. The van der Waals surface area contributed by atoms with Gasteiger partial charge in [-0.25, -0.2) is 18.4 Å². The van der Waals surface area contributed by atoms with Gasteiger partial charge in [0.1, 0.15) is 0 Å². The van der Waals surface area contributed by atoms with Crippen molar-refractivity contribution < 1.29 is 13.2 Å². The van der Waals surface area contributed by atoms with Crippen LogP contribution in [0, 0.1) is 0 Å². The normalized spacial score (nSPS) is 19.4. The molecule has 1 aliphatic heterocycles. The van der Waals surface area contributed by atoms with Crippen LogP contribution < -0.4 is 0 Å². The molecule has 1 aromatic heterocycles. The lowest BCUT2D eigenvalue weighted by Crippen LogP contribution is -2.45. The molecule has 1 amide bonds. The molecule has 2 heterocycles. The fourth-order valence-electron chi connectivity index (χ4n) is 2.85. The highest BCUT2D eigenvalue weighted by Gasteiger charge is 2.34. The van der Waals surface area contributed by atoms with Gasteiger partial charge in [0, 0.05) is 29.5 Å². The molecule has 1 atom stereocenters. The first kappa shape index (κ1) is 17.6. The van der Waals surface area contributed by atoms with E-state index in [1.807, 2.05) is 0 Å². The van der Waals surface area contributed by atoms with E-state index in [0.717, 1.165) is 0 Å². The SMILES string of the molecule is C=CC(=O)N1CCS(=O)(=O)CC1c1cc(Cl)cc(-c2ncccn2)c1. The fourth-order valence-corrected chi connectivity index (χ4v) is 4.58. The van der Waals surface area contributed by atoms with Gasteiger partial charge in [0.05, 0.1) is 17.5 Å². The van der Waals surface area contributed by atoms with E-state index in [4.69, 9.17) is 11.6 Å². The van der Waals surface area contributed by atoms with Gasteiger partial charge in [0.2, 0.25) is 5.91 Å². The highest BCUT2D eigenvalue weighted by atomic mass is 35.5. The first-order chi connectivity index (χ1) is 11.9. The van der Waals surface area contributed by atoms with Crippen LogP contribution in [-0.2, 0) is 14.6 Å². The number of amides is 1. The maximum Gasteiger partial charge on any atom is 0.246 e. The third-order valence-corrected chi connectivity index (χ3v) is 5.86. The van der Waals surface area contributed by atoms with Gasteiger partial charge in [-0.05, 0) is 35.9 Å². The summed E-state index contributed by atoms with van der Waals surface area (Å²) in [4.78, 5) is 22.0. The van der Waals surface area contributed by atoms with Crippen LogP contribution in [0.2, 0.25) is 5.02 Å². The Kier molecular flexibility index (Phi) is 4.87. The summed E-state index contributed by atoms with van der Waals surface area (Å²) in [6.07, 6.45) is 4.42. The van der Waals surface area contributed by atoms with Crippen molar-refractivity contribution in [3.63, 3.8) is 0 Å². The van der Waals surface area contributed by atoms with Crippen molar-refractivity contribution in [3.05, 3.63) is 59.9 Å². The fraction of sp³-hybridized carbons (Fsp3) is 0.235. The summed E-state index contributed by atoms with van der Waals surface area (Å²) in [5, 5.41) is 0.425. The Labute approximate surface area is 151 Å². The molecule has 3 rings (SSSR count). The molecule has 1 saturated heterocycles. The number of rotatable bonds is 3. The minimum absolute atomic E-state index is 0.0572. The highest BCUT2D eigenvalue weighted by molar-refractivity contribution is 7.91. The van der Waals surface area contributed by atoms with Crippen molar-refractivity contribution in [2.75, 3.05) is 18.1 Å². The van der Waals surface area contributed by atoms with Crippen molar-refractivity contribution >= 4 is 27.3 Å². The van der Waals surface area contributed by atoms with Crippen molar-refractivity contribution in [1.29, 1.82) is 0 Å². The third-order valence-electron chi connectivity index (χ3n) is 4.02. The lowest BCUT2D eigenvalue weighted by Gasteiger charge is -2.35. The number of hydrogen-bond acceptors (Lipinski definition) is 5. The molecule has 130 valence electrons. The van der Waals surface area contributed by atoms with Gasteiger partial charge in [-0.1, -0.05) is 18.2 Å². The summed E-state index contributed by atoms with van der Waals surface area (Å²) in [6.45, 7) is 3.62. The molecule has 0 radical (unpaired) electrons. The number of aromatic nitrogens is 2. The summed E-state index contributed by atoms with van der Waals surface area (Å²) in [6, 6.07) is 6.23. The predicted molar refractivity (Wildman–Crippen MR) is 95.8 cm³/mol. The molecule has 8 heteroatoms. The monoisotopic (exact) mass is 377 g/mol. The van der Waals surface area contributed by atoms with E-state index < -0.39 is 15.9 Å². The lowest BCUT2D eigenvalue weighted by atomic mass is 10.0. The maximum absolute atomic E-state index is 12.2. The van der Waals surface area contributed by atoms with E-state index in [-0.39, 0.29) is 24.0 Å². The zero-order valence-corrected chi connectivity index (χ0v) is 14.9. The minimum Gasteiger partial charge on any atom is -0.330 e. The molecule has 1 unspecified atom stereocenters. The zero-order chi connectivity index (χ0) is 18.0. The average molecular weight is 378 g/mol. The first-order valence-electron chi connectivity index (χ1n) is 7.61. The van der Waals surface area contributed by atoms with Crippen LogP contribution in [-0.4, -0.2) is 47.2 Å². The van der Waals surface area contributed by atoms with E-state index in [1.165, 1.54) is 11.0 Å². The Morgan fingerprint density at radius 1 is 1.28 bits per heavy atom. The van der Waals surface area contributed by atoms with Crippen molar-refractivity contribution in [1.82, 2.24) is 14.9 Å². The molecule has 0 N–H and O–H groups in total. The number of sulfone groups is 1. The standard InChI is InChI=1S/C17H16ClN3O3S/c1-2-16(22)21-6-7-25(23,24)11-15(21)12-8-13(10-14(18)9-12)17-19-4-3-5-20-17/h2-5,8-10,15H,1,6-7,11H2. The van der Waals surface area contributed by atoms with Gasteiger partial charge in [-0.3, -0.25) is 4.79 Å². The predicted octanol–water partition coefficient (Wildman–Crippen LogP) is 2.28. The Bertz CT molecular complexity index is 916. The van der Waals surface area contributed by atoms with Crippen LogP contribution in [0.15, 0.2) is 49.3 Å². The Morgan fingerprint density at radius 3 is 2.68 bits per heavy atom. The zero-order valence-electron chi connectivity index (χ0n) is 13.3. The van der Waals surface area contributed by atoms with Gasteiger partial charge in [0.25, 0.3) is 0 Å².